The van der Waals surface area contributed by atoms with E-state index in [4.69, 9.17) is 0 Å². The molecule has 2 nitrogen and oxygen atoms in total. The van der Waals surface area contributed by atoms with Gasteiger partial charge in [-0.3, -0.25) is 4.79 Å². The Morgan fingerprint density at radius 3 is 2.41 bits per heavy atom. The minimum atomic E-state index is 0.0173. The Morgan fingerprint density at radius 1 is 1.35 bits per heavy atom. The average Bonchev–Trinajstić information content (AvgIpc) is 2.26. The predicted octanol–water partition coefficient (Wildman–Crippen LogP) is 3.85. The molecule has 0 fully saturated rings. The van der Waals surface area contributed by atoms with Crippen LogP contribution in [0.2, 0.25) is 0 Å². The number of carbonyl (C=O) groups is 1. The van der Waals surface area contributed by atoms with Crippen LogP contribution in [-0.4, -0.2) is 23.9 Å². The molecule has 0 aliphatic carbocycles. The van der Waals surface area contributed by atoms with E-state index in [9.17, 15) is 4.79 Å². The van der Waals surface area contributed by atoms with E-state index in [1.54, 1.807) is 11.0 Å². The summed E-state index contributed by atoms with van der Waals surface area (Å²) in [6, 6.07) is 5.71. The van der Waals surface area contributed by atoms with Gasteiger partial charge in [0.05, 0.1) is 5.56 Å². The maximum absolute atomic E-state index is 12.3. The van der Waals surface area contributed by atoms with Crippen molar-refractivity contribution in [2.24, 2.45) is 5.92 Å². The predicted molar refractivity (Wildman–Crippen MR) is 77.8 cm³/mol. The van der Waals surface area contributed by atoms with Gasteiger partial charge in [0.1, 0.15) is 0 Å². The first kappa shape index (κ1) is 14.6. The molecule has 0 heterocycles. The maximum atomic E-state index is 12.3. The Morgan fingerprint density at radius 2 is 1.94 bits per heavy atom. The van der Waals surface area contributed by atoms with Crippen LogP contribution in [0.3, 0.4) is 0 Å². The second kappa shape index (κ2) is 5.91. The number of halogens is 1. The van der Waals surface area contributed by atoms with Crippen molar-refractivity contribution in [3.63, 3.8) is 0 Å². The van der Waals surface area contributed by atoms with Crippen LogP contribution < -0.4 is 0 Å². The van der Waals surface area contributed by atoms with Gasteiger partial charge in [-0.05, 0) is 31.0 Å². The van der Waals surface area contributed by atoms with E-state index in [-0.39, 0.29) is 11.9 Å². The Bertz CT molecular complexity index is 420. The lowest BCUT2D eigenvalue weighted by atomic mass is 10.0. The molecule has 0 saturated carbocycles. The van der Waals surface area contributed by atoms with Crippen LogP contribution in [0.4, 0.5) is 0 Å². The van der Waals surface area contributed by atoms with Crippen LogP contribution in [0.1, 0.15) is 31.1 Å². The molecule has 17 heavy (non-hydrogen) atoms. The summed E-state index contributed by atoms with van der Waals surface area (Å²) < 4.78 is 0.929. The Hall–Kier alpha value is -0.480. The molecule has 0 saturated heterocycles. The standard InChI is InChI=1S/C13H18BrNOS/c1-8(2)9(3)15(4)13(16)11-6-5-10(14)7-12(11)17/h5-9,17H,1-4H3. The minimum Gasteiger partial charge on any atom is -0.339 e. The van der Waals surface area contributed by atoms with Gasteiger partial charge in [0.25, 0.3) is 5.91 Å². The largest absolute Gasteiger partial charge is 0.339 e. The zero-order chi connectivity index (χ0) is 13.2. The smallest absolute Gasteiger partial charge is 0.254 e. The van der Waals surface area contributed by atoms with Gasteiger partial charge in [0.2, 0.25) is 0 Å². The number of thiol groups is 1. The van der Waals surface area contributed by atoms with Crippen molar-refractivity contribution >= 4 is 34.5 Å². The fourth-order valence-electron chi connectivity index (χ4n) is 1.51. The highest BCUT2D eigenvalue weighted by Gasteiger charge is 2.21. The van der Waals surface area contributed by atoms with Gasteiger partial charge in [-0.25, -0.2) is 0 Å². The number of benzene rings is 1. The quantitative estimate of drug-likeness (QED) is 0.840. The molecule has 0 spiro atoms. The zero-order valence-corrected chi connectivity index (χ0v) is 13.0. The molecule has 1 atom stereocenters. The molecule has 1 aromatic carbocycles. The van der Waals surface area contributed by atoms with Crippen molar-refractivity contribution in [1.29, 1.82) is 0 Å². The Balaban J connectivity index is 2.96. The minimum absolute atomic E-state index is 0.0173. The van der Waals surface area contributed by atoms with Crippen molar-refractivity contribution in [2.45, 2.75) is 31.7 Å². The third-order valence-electron chi connectivity index (χ3n) is 3.09. The monoisotopic (exact) mass is 315 g/mol. The molecule has 0 radical (unpaired) electrons. The van der Waals surface area contributed by atoms with Gasteiger partial charge in [-0.2, -0.15) is 0 Å². The lowest BCUT2D eigenvalue weighted by molar-refractivity contribution is 0.0703. The van der Waals surface area contributed by atoms with Gasteiger partial charge in [-0.1, -0.05) is 29.8 Å². The molecule has 1 unspecified atom stereocenters. The molecule has 0 aromatic heterocycles. The van der Waals surface area contributed by atoms with Crippen LogP contribution in [0, 0.1) is 5.92 Å². The SMILES string of the molecule is CC(C)C(C)N(C)C(=O)c1ccc(Br)cc1S. The normalized spacial score (nSPS) is 12.6. The van der Waals surface area contributed by atoms with Crippen molar-refractivity contribution in [1.82, 2.24) is 4.90 Å². The molecule has 1 aromatic rings. The number of nitrogens with zero attached hydrogens (tertiary/aromatic N) is 1. The summed E-state index contributed by atoms with van der Waals surface area (Å²) in [7, 11) is 1.84. The van der Waals surface area contributed by atoms with Gasteiger partial charge in [0, 0.05) is 22.5 Å². The van der Waals surface area contributed by atoms with E-state index in [1.165, 1.54) is 0 Å². The zero-order valence-electron chi connectivity index (χ0n) is 10.6. The summed E-state index contributed by atoms with van der Waals surface area (Å²) in [5.41, 5.74) is 0.645. The molecular formula is C13H18BrNOS. The second-order valence-corrected chi connectivity index (χ2v) is 5.96. The molecule has 0 N–H and O–H groups in total. The van der Waals surface area contributed by atoms with Crippen LogP contribution >= 0.6 is 28.6 Å². The third kappa shape index (κ3) is 3.49. The summed E-state index contributed by atoms with van der Waals surface area (Å²) in [6.07, 6.45) is 0. The lowest BCUT2D eigenvalue weighted by Crippen LogP contribution is -2.38. The van der Waals surface area contributed by atoms with E-state index in [2.05, 4.69) is 49.3 Å². The average molecular weight is 316 g/mol. The van der Waals surface area contributed by atoms with Gasteiger partial charge in [-0.15, -0.1) is 12.6 Å². The number of rotatable bonds is 3. The first-order valence-electron chi connectivity index (χ1n) is 5.60. The summed E-state index contributed by atoms with van der Waals surface area (Å²) >= 11 is 7.71. The van der Waals surface area contributed by atoms with Crippen LogP contribution in [0.25, 0.3) is 0 Å². The van der Waals surface area contributed by atoms with E-state index in [0.717, 1.165) is 4.47 Å². The summed E-state index contributed by atoms with van der Waals surface area (Å²) in [5, 5.41) is 0. The van der Waals surface area contributed by atoms with Crippen molar-refractivity contribution in [2.75, 3.05) is 7.05 Å². The summed E-state index contributed by atoms with van der Waals surface area (Å²) in [6.45, 7) is 6.27. The van der Waals surface area contributed by atoms with E-state index in [1.807, 2.05) is 19.2 Å². The Labute approximate surface area is 117 Å². The second-order valence-electron chi connectivity index (χ2n) is 4.56. The molecule has 0 aliphatic rings. The van der Waals surface area contributed by atoms with Crippen molar-refractivity contribution in [3.05, 3.63) is 28.2 Å². The lowest BCUT2D eigenvalue weighted by Gasteiger charge is -2.28. The van der Waals surface area contributed by atoms with E-state index >= 15 is 0 Å². The Kier molecular flexibility index (Phi) is 5.07. The topological polar surface area (TPSA) is 20.3 Å². The van der Waals surface area contributed by atoms with Crippen molar-refractivity contribution < 1.29 is 4.79 Å². The highest BCUT2D eigenvalue weighted by Crippen LogP contribution is 2.22. The number of amides is 1. The van der Waals surface area contributed by atoms with Crippen molar-refractivity contribution in [3.8, 4) is 0 Å². The molecule has 94 valence electrons. The van der Waals surface area contributed by atoms with E-state index in [0.29, 0.717) is 16.4 Å². The first-order chi connectivity index (χ1) is 7.84. The highest BCUT2D eigenvalue weighted by molar-refractivity contribution is 9.10. The van der Waals surface area contributed by atoms with E-state index < -0.39 is 0 Å². The highest BCUT2D eigenvalue weighted by atomic mass is 79.9. The van der Waals surface area contributed by atoms with Crippen LogP contribution in [0.5, 0.6) is 0 Å². The third-order valence-corrected chi connectivity index (χ3v) is 3.95. The number of hydrogen-bond donors (Lipinski definition) is 1. The fraction of sp³-hybridized carbons (Fsp3) is 0.462. The molecule has 4 heteroatoms. The molecule has 1 rings (SSSR count). The molecule has 1 amide bonds. The molecule has 0 aliphatic heterocycles. The maximum Gasteiger partial charge on any atom is 0.254 e. The molecular weight excluding hydrogens is 298 g/mol. The summed E-state index contributed by atoms with van der Waals surface area (Å²) in [4.78, 5) is 14.8. The molecule has 0 bridgehead atoms. The van der Waals surface area contributed by atoms with Gasteiger partial charge >= 0.3 is 0 Å². The number of hydrogen-bond acceptors (Lipinski definition) is 2. The van der Waals surface area contributed by atoms with Crippen LogP contribution in [0.15, 0.2) is 27.6 Å². The number of carbonyl (C=O) groups excluding carboxylic acids is 1. The van der Waals surface area contributed by atoms with Gasteiger partial charge < -0.3 is 4.90 Å². The van der Waals surface area contributed by atoms with Gasteiger partial charge in [0.15, 0.2) is 0 Å². The summed E-state index contributed by atoms with van der Waals surface area (Å²) in [5.74, 6) is 0.450. The fourth-order valence-corrected chi connectivity index (χ4v) is 2.36. The first-order valence-corrected chi connectivity index (χ1v) is 6.84. The van der Waals surface area contributed by atoms with Crippen LogP contribution in [-0.2, 0) is 0 Å².